The summed E-state index contributed by atoms with van der Waals surface area (Å²) in [6.07, 6.45) is 4.48. The molecule has 0 saturated heterocycles. The van der Waals surface area contributed by atoms with E-state index in [9.17, 15) is 28.9 Å². The van der Waals surface area contributed by atoms with Crippen molar-refractivity contribution in [2.75, 3.05) is 6.61 Å². The second-order valence-electron chi connectivity index (χ2n) is 9.73. The quantitative estimate of drug-likeness (QED) is 0.0589. The zero-order chi connectivity index (χ0) is 30.0. The summed E-state index contributed by atoms with van der Waals surface area (Å²) >= 11 is 12.6. The third-order valence-electron chi connectivity index (χ3n) is 6.71. The largest absolute Gasteiger partial charge is 0.619 e. The lowest BCUT2D eigenvalue weighted by Crippen LogP contribution is -2.26. The summed E-state index contributed by atoms with van der Waals surface area (Å²) in [5, 5.41) is 24.0. The molecular weight excluding hydrogens is 599 g/mol. The Morgan fingerprint density at radius 2 is 1.86 bits per heavy atom. The highest BCUT2D eigenvalue weighted by Gasteiger charge is 2.27. The molecule has 0 amide bonds. The molecule has 1 fully saturated rings. The smallest absolute Gasteiger partial charge is 0.387 e. The molecule has 4 aromatic rings. The van der Waals surface area contributed by atoms with Crippen molar-refractivity contribution in [3.8, 4) is 11.5 Å². The lowest BCUT2D eigenvalue weighted by Gasteiger charge is -2.21. The van der Waals surface area contributed by atoms with E-state index in [4.69, 9.17) is 32.7 Å². The van der Waals surface area contributed by atoms with Crippen molar-refractivity contribution in [3.05, 3.63) is 97.5 Å². The van der Waals surface area contributed by atoms with Crippen LogP contribution in [0.15, 0.2) is 61.1 Å². The topological polar surface area (TPSA) is 120 Å². The first kappa shape index (κ1) is 29.3. The number of aromatic nitrogens is 2. The van der Waals surface area contributed by atoms with Crippen LogP contribution in [0.1, 0.15) is 30.1 Å². The minimum Gasteiger partial charge on any atom is -0.619 e. The molecule has 1 aliphatic carbocycles. The summed E-state index contributed by atoms with van der Waals surface area (Å²) in [5.41, 5.74) is 0.723. The molecule has 10 nitrogen and oxygen atoms in total. The van der Waals surface area contributed by atoms with Crippen molar-refractivity contribution in [2.24, 2.45) is 5.92 Å². The fourth-order valence-corrected chi connectivity index (χ4v) is 5.12. The van der Waals surface area contributed by atoms with Crippen molar-refractivity contribution in [2.45, 2.75) is 38.5 Å². The predicted octanol–water partition coefficient (Wildman–Crippen LogP) is 6.41. The summed E-state index contributed by atoms with van der Waals surface area (Å²) in [7, 11) is 0. The maximum absolute atomic E-state index is 13.3. The van der Waals surface area contributed by atoms with Crippen LogP contribution in [0.25, 0.3) is 10.9 Å². The number of para-hydroxylation sites is 1. The van der Waals surface area contributed by atoms with Gasteiger partial charge in [-0.2, -0.15) is 13.5 Å². The first-order valence-electron chi connectivity index (χ1n) is 12.8. The van der Waals surface area contributed by atoms with Crippen molar-refractivity contribution >= 4 is 45.8 Å². The van der Waals surface area contributed by atoms with E-state index in [1.165, 1.54) is 35.0 Å². The second kappa shape index (κ2) is 12.4. The summed E-state index contributed by atoms with van der Waals surface area (Å²) in [4.78, 5) is 24.3. The zero-order valence-electron chi connectivity index (χ0n) is 21.8. The van der Waals surface area contributed by atoms with Crippen LogP contribution in [-0.2, 0) is 22.5 Å². The Hall–Kier alpha value is -4.16. The van der Waals surface area contributed by atoms with Gasteiger partial charge in [-0.15, -0.1) is 0 Å². The van der Waals surface area contributed by atoms with Crippen molar-refractivity contribution in [1.82, 2.24) is 4.57 Å². The van der Waals surface area contributed by atoms with E-state index in [0.29, 0.717) is 33.8 Å². The van der Waals surface area contributed by atoms with Gasteiger partial charge in [0.1, 0.15) is 28.2 Å². The number of hydrogen-bond donors (Lipinski definition) is 0. The molecule has 0 radical (unpaired) electrons. The van der Waals surface area contributed by atoms with E-state index in [2.05, 4.69) is 4.74 Å². The molecule has 220 valence electrons. The molecular formula is C28H23Cl2F2N3O7. The number of esters is 1. The van der Waals surface area contributed by atoms with Gasteiger partial charge in [0, 0.05) is 29.6 Å². The highest BCUT2D eigenvalue weighted by molar-refractivity contribution is 6.35. The number of nitro benzene ring substituents is 1. The average Bonchev–Trinajstić information content (AvgIpc) is 3.67. The molecule has 1 saturated carbocycles. The predicted molar refractivity (Wildman–Crippen MR) is 148 cm³/mol. The number of carbonyl (C=O) groups is 1. The van der Waals surface area contributed by atoms with E-state index in [0.717, 1.165) is 25.2 Å². The number of fused-ring (bicyclic) bond motifs is 1. The summed E-state index contributed by atoms with van der Waals surface area (Å²) in [6, 6.07) is 10.4. The van der Waals surface area contributed by atoms with Gasteiger partial charge in [0.2, 0.25) is 0 Å². The molecule has 2 aromatic heterocycles. The van der Waals surface area contributed by atoms with Gasteiger partial charge in [0.15, 0.2) is 23.9 Å². The molecule has 1 aliphatic rings. The van der Waals surface area contributed by atoms with Gasteiger partial charge in [-0.1, -0.05) is 41.4 Å². The molecule has 0 aliphatic heterocycles. The molecule has 14 heteroatoms. The van der Waals surface area contributed by atoms with Gasteiger partial charge in [-0.05, 0) is 42.5 Å². The van der Waals surface area contributed by atoms with Crippen molar-refractivity contribution < 1.29 is 37.4 Å². The number of benzene rings is 2. The number of nitrogens with zero attached hydrogens (tertiary/aromatic N) is 3. The Kier molecular flexibility index (Phi) is 8.64. The van der Waals surface area contributed by atoms with Crippen LogP contribution >= 0.6 is 23.2 Å². The second-order valence-corrected chi connectivity index (χ2v) is 10.5. The number of alkyl halides is 2. The van der Waals surface area contributed by atoms with Crippen LogP contribution < -0.4 is 14.2 Å². The normalized spacial score (nSPS) is 13.7. The average molecular weight is 622 g/mol. The Bertz CT molecular complexity index is 1620. The third-order valence-corrected chi connectivity index (χ3v) is 7.36. The van der Waals surface area contributed by atoms with Crippen LogP contribution in [0.2, 0.25) is 10.0 Å². The standard InChI is InChI=1S/C28H23Cl2F2N3O7/c29-20-12-34(37)13-21(30)19(20)11-24(18-6-7-23(42-28(31)32)25(10-18)40-15-16-4-5-16)41-26(36)14-33-9-8-17-2-1-3-22(27(17)33)35(38)39/h1-3,6-10,12-13,16,24,28H,4-5,11,14-15H2/t24-/m0/s1. The van der Waals surface area contributed by atoms with E-state index in [1.54, 1.807) is 18.2 Å². The number of halogens is 4. The van der Waals surface area contributed by atoms with Gasteiger partial charge in [0.05, 0.1) is 11.5 Å². The number of hydrogen-bond acceptors (Lipinski definition) is 7. The molecule has 0 spiro atoms. The number of non-ortho nitro benzene ring substituents is 1. The zero-order valence-corrected chi connectivity index (χ0v) is 23.3. The van der Waals surface area contributed by atoms with Gasteiger partial charge in [-0.25, -0.2) is 0 Å². The molecule has 0 N–H and O–H groups in total. The first-order valence-corrected chi connectivity index (χ1v) is 13.5. The molecule has 42 heavy (non-hydrogen) atoms. The van der Waals surface area contributed by atoms with Crippen molar-refractivity contribution in [1.29, 1.82) is 0 Å². The summed E-state index contributed by atoms with van der Waals surface area (Å²) < 4.78 is 44.2. The number of ether oxygens (including phenoxy) is 3. The van der Waals surface area contributed by atoms with Crippen LogP contribution in [0.5, 0.6) is 11.5 Å². The third kappa shape index (κ3) is 6.82. The molecule has 2 aromatic carbocycles. The van der Waals surface area contributed by atoms with E-state index >= 15 is 0 Å². The maximum atomic E-state index is 13.3. The highest BCUT2D eigenvalue weighted by atomic mass is 35.5. The molecule has 0 bridgehead atoms. The number of pyridine rings is 1. The Labute approximate surface area is 247 Å². The van der Waals surface area contributed by atoms with Crippen molar-refractivity contribution in [3.63, 3.8) is 0 Å². The summed E-state index contributed by atoms with van der Waals surface area (Å²) in [6.45, 7) is -3.17. The van der Waals surface area contributed by atoms with E-state index < -0.39 is 23.6 Å². The number of rotatable bonds is 12. The number of carbonyl (C=O) groups excluding carboxylic acids is 1. The van der Waals surface area contributed by atoms with Crippen LogP contribution in [0.4, 0.5) is 14.5 Å². The lowest BCUT2D eigenvalue weighted by atomic mass is 10.0. The lowest BCUT2D eigenvalue weighted by molar-refractivity contribution is -0.605. The van der Waals surface area contributed by atoms with Crippen LogP contribution in [0.3, 0.4) is 0 Å². The SMILES string of the molecule is O=C(Cn1ccc2cccc([N+](=O)[O-])c21)O[C@@H](Cc1c(Cl)c[n+]([O-])cc1Cl)c1ccc(OC(F)F)c(OCC2CC2)c1. The minimum atomic E-state index is -3.09. The molecule has 0 unspecified atom stereocenters. The van der Waals surface area contributed by atoms with E-state index in [1.807, 2.05) is 0 Å². The Balaban J connectivity index is 1.48. The van der Waals surface area contributed by atoms with Gasteiger partial charge in [-0.3, -0.25) is 14.9 Å². The highest BCUT2D eigenvalue weighted by Crippen LogP contribution is 2.38. The number of nitro groups is 1. The molecule has 1 atom stereocenters. The van der Waals surface area contributed by atoms with E-state index in [-0.39, 0.29) is 45.7 Å². The Morgan fingerprint density at radius 3 is 2.52 bits per heavy atom. The maximum Gasteiger partial charge on any atom is 0.387 e. The minimum absolute atomic E-state index is 0.0217. The fourth-order valence-electron chi connectivity index (χ4n) is 4.52. The first-order chi connectivity index (χ1) is 20.1. The monoisotopic (exact) mass is 621 g/mol. The van der Waals surface area contributed by atoms with Crippen LogP contribution in [0, 0.1) is 21.2 Å². The fraction of sp³-hybridized carbons (Fsp3) is 0.286. The van der Waals surface area contributed by atoms with Gasteiger partial charge >= 0.3 is 12.6 Å². The van der Waals surface area contributed by atoms with Gasteiger partial charge in [0.25, 0.3) is 5.69 Å². The Morgan fingerprint density at radius 1 is 1.12 bits per heavy atom. The molecule has 2 heterocycles. The van der Waals surface area contributed by atoms with Gasteiger partial charge < -0.3 is 24.0 Å². The van der Waals surface area contributed by atoms with Crippen LogP contribution in [-0.4, -0.2) is 28.7 Å². The summed E-state index contributed by atoms with van der Waals surface area (Å²) in [5.74, 6) is -0.599. The molecule has 5 rings (SSSR count).